The fourth-order valence-electron chi connectivity index (χ4n) is 3.78. The fraction of sp³-hybridized carbons (Fsp3) is 0.286. The van der Waals surface area contributed by atoms with Crippen molar-refractivity contribution in [2.75, 3.05) is 6.54 Å². The Morgan fingerprint density at radius 2 is 2.04 bits per heavy atom. The second-order valence-electron chi connectivity index (χ2n) is 6.96. The molecule has 138 valence electrons. The van der Waals surface area contributed by atoms with Crippen LogP contribution in [0.4, 0.5) is 0 Å². The van der Waals surface area contributed by atoms with Crippen molar-refractivity contribution in [2.45, 2.75) is 32.4 Å². The number of aromatic nitrogens is 3. The van der Waals surface area contributed by atoms with Gasteiger partial charge in [0.1, 0.15) is 6.54 Å². The topological polar surface area (TPSA) is 53.9 Å². The predicted octanol–water partition coefficient (Wildman–Crippen LogP) is 4.28. The van der Waals surface area contributed by atoms with Crippen molar-refractivity contribution < 1.29 is 4.79 Å². The lowest BCUT2D eigenvalue weighted by atomic mass is 10.0. The first-order valence-corrected chi connectivity index (χ1v) is 9.61. The van der Waals surface area contributed by atoms with Crippen LogP contribution in [-0.2, 0) is 11.3 Å². The van der Waals surface area contributed by atoms with Gasteiger partial charge in [-0.15, -0.1) is 0 Å². The Kier molecular flexibility index (Phi) is 4.90. The summed E-state index contributed by atoms with van der Waals surface area (Å²) in [6.07, 6.45) is 2.02. The number of carbonyl (C=O) groups is 1. The number of hydrogen-bond acceptors (Lipinski definition) is 3. The van der Waals surface area contributed by atoms with Crippen LogP contribution in [0.1, 0.15) is 30.0 Å². The second kappa shape index (κ2) is 7.48. The molecule has 0 bridgehead atoms. The van der Waals surface area contributed by atoms with Gasteiger partial charge in [0.05, 0.1) is 6.04 Å². The number of nitrogens with one attached hydrogen (secondary N) is 1. The maximum absolute atomic E-state index is 13.1. The van der Waals surface area contributed by atoms with E-state index in [0.29, 0.717) is 10.6 Å². The first-order valence-electron chi connectivity index (χ1n) is 9.20. The minimum absolute atomic E-state index is 0.0766. The van der Waals surface area contributed by atoms with Gasteiger partial charge in [0.15, 0.2) is 10.6 Å². The van der Waals surface area contributed by atoms with Crippen LogP contribution in [0.2, 0.25) is 0 Å². The third kappa shape index (κ3) is 3.57. The smallest absolute Gasteiger partial charge is 0.243 e. The molecule has 2 aromatic carbocycles. The third-order valence-corrected chi connectivity index (χ3v) is 5.40. The summed E-state index contributed by atoms with van der Waals surface area (Å²) in [4.78, 5) is 15.1. The Bertz CT molecular complexity index is 1010. The number of hydrogen-bond donors (Lipinski definition) is 1. The Balaban J connectivity index is 1.60. The van der Waals surface area contributed by atoms with E-state index in [1.807, 2.05) is 48.2 Å². The van der Waals surface area contributed by atoms with Crippen LogP contribution in [0.25, 0.3) is 11.4 Å². The molecule has 1 fully saturated rings. The summed E-state index contributed by atoms with van der Waals surface area (Å²) < 4.78 is 2.27. The average molecular weight is 379 g/mol. The number of aryl methyl sites for hydroxylation is 1. The molecule has 0 unspecified atom stereocenters. The summed E-state index contributed by atoms with van der Waals surface area (Å²) in [7, 11) is 0. The molecular formula is C21H22N4OS. The molecule has 1 aliphatic heterocycles. The fourth-order valence-corrected chi connectivity index (χ4v) is 3.98. The maximum atomic E-state index is 13.1. The third-order valence-electron chi connectivity index (χ3n) is 5.09. The summed E-state index contributed by atoms with van der Waals surface area (Å²) in [6.45, 7) is 3.01. The largest absolute Gasteiger partial charge is 0.334 e. The number of H-pyrrole nitrogens is 1. The van der Waals surface area contributed by atoms with E-state index in [1.54, 1.807) is 4.57 Å². The number of nitrogens with zero attached hydrogens (tertiary/aromatic N) is 3. The standard InChI is InChI=1S/C21H22N4OS/c1-15-7-5-10-17(13-15)20-22-23-21(27)25(20)14-19(26)24-12-6-11-18(24)16-8-3-2-4-9-16/h2-5,7-10,13,18H,6,11-12,14H2,1H3,(H,23,27)/t18-/m0/s1. The van der Waals surface area contributed by atoms with Gasteiger partial charge in [-0.25, -0.2) is 0 Å². The molecule has 3 aromatic rings. The van der Waals surface area contributed by atoms with E-state index in [2.05, 4.69) is 28.4 Å². The van der Waals surface area contributed by atoms with Crippen molar-refractivity contribution in [3.8, 4) is 11.4 Å². The van der Waals surface area contributed by atoms with E-state index in [0.717, 1.165) is 30.5 Å². The van der Waals surface area contributed by atoms with Crippen molar-refractivity contribution in [3.63, 3.8) is 0 Å². The van der Waals surface area contributed by atoms with Crippen molar-refractivity contribution in [2.24, 2.45) is 0 Å². The molecule has 1 amide bonds. The number of benzene rings is 2. The summed E-state index contributed by atoms with van der Waals surface area (Å²) in [5.74, 6) is 0.778. The minimum atomic E-state index is 0.0766. The Hall–Kier alpha value is -2.73. The average Bonchev–Trinajstić information content (AvgIpc) is 3.30. The first-order chi connectivity index (χ1) is 13.1. The maximum Gasteiger partial charge on any atom is 0.243 e. The molecule has 1 aliphatic rings. The van der Waals surface area contributed by atoms with Crippen LogP contribution in [0, 0.1) is 11.7 Å². The van der Waals surface area contributed by atoms with Gasteiger partial charge in [0, 0.05) is 12.1 Å². The molecule has 1 N–H and O–H groups in total. The SMILES string of the molecule is Cc1cccc(-c2n[nH]c(=S)n2CC(=O)N2CCC[C@H]2c2ccccc2)c1. The van der Waals surface area contributed by atoms with Crippen molar-refractivity contribution in [1.29, 1.82) is 0 Å². The van der Waals surface area contributed by atoms with Crippen LogP contribution in [0.15, 0.2) is 54.6 Å². The van der Waals surface area contributed by atoms with Crippen LogP contribution in [0.3, 0.4) is 0 Å². The molecular weight excluding hydrogens is 356 g/mol. The number of carbonyl (C=O) groups excluding carboxylic acids is 1. The van der Waals surface area contributed by atoms with Gasteiger partial charge in [-0.2, -0.15) is 5.10 Å². The monoisotopic (exact) mass is 378 g/mol. The van der Waals surface area contributed by atoms with Gasteiger partial charge in [-0.1, -0.05) is 54.1 Å². The van der Waals surface area contributed by atoms with Gasteiger partial charge in [-0.05, 0) is 43.6 Å². The summed E-state index contributed by atoms with van der Waals surface area (Å²) in [5, 5.41) is 7.20. The van der Waals surface area contributed by atoms with Crippen molar-refractivity contribution in [1.82, 2.24) is 19.7 Å². The highest BCUT2D eigenvalue weighted by atomic mass is 32.1. The second-order valence-corrected chi connectivity index (χ2v) is 7.35. The van der Waals surface area contributed by atoms with Crippen molar-refractivity contribution in [3.05, 3.63) is 70.5 Å². The van der Waals surface area contributed by atoms with E-state index in [4.69, 9.17) is 12.2 Å². The summed E-state index contributed by atoms with van der Waals surface area (Å²) in [5.41, 5.74) is 3.29. The highest BCUT2D eigenvalue weighted by Crippen LogP contribution is 2.32. The van der Waals surface area contributed by atoms with E-state index in [9.17, 15) is 4.79 Å². The molecule has 6 heteroatoms. The van der Waals surface area contributed by atoms with Crippen molar-refractivity contribution >= 4 is 18.1 Å². The molecule has 0 spiro atoms. The zero-order valence-corrected chi connectivity index (χ0v) is 16.1. The lowest BCUT2D eigenvalue weighted by molar-refractivity contribution is -0.132. The Morgan fingerprint density at radius 3 is 2.81 bits per heavy atom. The lowest BCUT2D eigenvalue weighted by Crippen LogP contribution is -2.33. The predicted molar refractivity (Wildman–Crippen MR) is 108 cm³/mol. The van der Waals surface area contributed by atoms with Gasteiger partial charge in [-0.3, -0.25) is 14.5 Å². The summed E-state index contributed by atoms with van der Waals surface area (Å²) in [6, 6.07) is 18.4. The zero-order valence-electron chi connectivity index (χ0n) is 15.3. The number of amides is 1. The molecule has 4 rings (SSSR count). The van der Waals surface area contributed by atoms with E-state index in [-0.39, 0.29) is 18.5 Å². The van der Waals surface area contributed by atoms with E-state index >= 15 is 0 Å². The summed E-state index contributed by atoms with van der Waals surface area (Å²) >= 11 is 5.40. The molecule has 1 saturated heterocycles. The molecule has 0 saturated carbocycles. The highest BCUT2D eigenvalue weighted by molar-refractivity contribution is 7.71. The molecule has 1 atom stereocenters. The van der Waals surface area contributed by atoms with Gasteiger partial charge >= 0.3 is 0 Å². The first kappa shape index (κ1) is 17.7. The number of rotatable bonds is 4. The van der Waals surface area contributed by atoms with E-state index in [1.165, 1.54) is 5.56 Å². The van der Waals surface area contributed by atoms with Gasteiger partial charge in [0.2, 0.25) is 5.91 Å². The quantitative estimate of drug-likeness (QED) is 0.690. The molecule has 27 heavy (non-hydrogen) atoms. The van der Waals surface area contributed by atoms with Crippen LogP contribution in [0.5, 0.6) is 0 Å². The molecule has 1 aromatic heterocycles. The molecule has 0 aliphatic carbocycles. The van der Waals surface area contributed by atoms with Crippen LogP contribution in [-0.4, -0.2) is 32.1 Å². The number of likely N-dealkylation sites (tertiary alicyclic amines) is 1. The number of aromatic amines is 1. The van der Waals surface area contributed by atoms with Gasteiger partial charge < -0.3 is 4.90 Å². The van der Waals surface area contributed by atoms with Gasteiger partial charge in [0.25, 0.3) is 0 Å². The Morgan fingerprint density at radius 1 is 1.22 bits per heavy atom. The molecule has 5 nitrogen and oxygen atoms in total. The molecule has 2 heterocycles. The highest BCUT2D eigenvalue weighted by Gasteiger charge is 2.30. The normalized spacial score (nSPS) is 16.6. The Labute approximate surface area is 163 Å². The zero-order chi connectivity index (χ0) is 18.8. The lowest BCUT2D eigenvalue weighted by Gasteiger charge is -2.25. The minimum Gasteiger partial charge on any atom is -0.334 e. The van der Waals surface area contributed by atoms with Crippen LogP contribution < -0.4 is 0 Å². The van der Waals surface area contributed by atoms with Crippen LogP contribution >= 0.6 is 12.2 Å². The van der Waals surface area contributed by atoms with E-state index < -0.39 is 0 Å². The molecule has 0 radical (unpaired) electrons.